The standard InChI is InChI=1S/C10H10N4O4/c15-7-2-1-6(5-8(7)16)10-11-13-14(12-10)4-3-9(17)18/h1-2,5,15-16H,3-4H2,(H,17,18). The van der Waals surface area contributed by atoms with E-state index in [1.807, 2.05) is 0 Å². The summed E-state index contributed by atoms with van der Waals surface area (Å²) in [4.78, 5) is 11.5. The first-order chi connectivity index (χ1) is 8.56. The fourth-order valence-electron chi connectivity index (χ4n) is 1.31. The van der Waals surface area contributed by atoms with Gasteiger partial charge in [0.15, 0.2) is 11.5 Å². The molecular weight excluding hydrogens is 240 g/mol. The van der Waals surface area contributed by atoms with Crippen LogP contribution in [0.3, 0.4) is 0 Å². The monoisotopic (exact) mass is 250 g/mol. The maximum Gasteiger partial charge on any atom is 0.305 e. The van der Waals surface area contributed by atoms with Gasteiger partial charge in [-0.05, 0) is 23.4 Å². The molecule has 2 aromatic rings. The molecular formula is C10H10N4O4. The van der Waals surface area contributed by atoms with E-state index in [1.54, 1.807) is 0 Å². The van der Waals surface area contributed by atoms with Crippen LogP contribution in [-0.2, 0) is 11.3 Å². The van der Waals surface area contributed by atoms with E-state index in [9.17, 15) is 9.90 Å². The molecule has 0 fully saturated rings. The number of aromatic nitrogens is 4. The van der Waals surface area contributed by atoms with Crippen LogP contribution in [0.5, 0.6) is 11.5 Å². The van der Waals surface area contributed by atoms with Gasteiger partial charge in [-0.1, -0.05) is 0 Å². The van der Waals surface area contributed by atoms with Gasteiger partial charge < -0.3 is 15.3 Å². The average Bonchev–Trinajstić information content (AvgIpc) is 2.79. The number of hydrogen-bond acceptors (Lipinski definition) is 6. The molecule has 1 heterocycles. The summed E-state index contributed by atoms with van der Waals surface area (Å²) >= 11 is 0. The van der Waals surface area contributed by atoms with Crippen LogP contribution in [0.15, 0.2) is 18.2 Å². The van der Waals surface area contributed by atoms with E-state index in [-0.39, 0.29) is 30.3 Å². The van der Waals surface area contributed by atoms with Crippen molar-refractivity contribution in [3.05, 3.63) is 18.2 Å². The van der Waals surface area contributed by atoms with Gasteiger partial charge in [0.1, 0.15) is 0 Å². The Morgan fingerprint density at radius 3 is 2.72 bits per heavy atom. The number of hydrogen-bond donors (Lipinski definition) is 3. The number of phenols is 2. The first-order valence-electron chi connectivity index (χ1n) is 5.08. The summed E-state index contributed by atoms with van der Waals surface area (Å²) in [5, 5.41) is 38.4. The Balaban J connectivity index is 2.18. The summed E-state index contributed by atoms with van der Waals surface area (Å²) in [6.45, 7) is 0.117. The first-order valence-corrected chi connectivity index (χ1v) is 5.08. The number of tetrazole rings is 1. The molecule has 0 saturated carbocycles. The van der Waals surface area contributed by atoms with Crippen LogP contribution in [0.25, 0.3) is 11.4 Å². The van der Waals surface area contributed by atoms with E-state index in [0.29, 0.717) is 5.56 Å². The topological polar surface area (TPSA) is 121 Å². The number of aryl methyl sites for hydroxylation is 1. The fraction of sp³-hybridized carbons (Fsp3) is 0.200. The Hall–Kier alpha value is -2.64. The Morgan fingerprint density at radius 2 is 2.06 bits per heavy atom. The average molecular weight is 250 g/mol. The highest BCUT2D eigenvalue weighted by molar-refractivity contribution is 5.66. The smallest absolute Gasteiger partial charge is 0.305 e. The lowest BCUT2D eigenvalue weighted by atomic mass is 10.2. The zero-order valence-corrected chi connectivity index (χ0v) is 9.19. The second-order valence-electron chi connectivity index (χ2n) is 3.56. The van der Waals surface area contributed by atoms with Gasteiger partial charge in [0.25, 0.3) is 0 Å². The van der Waals surface area contributed by atoms with E-state index >= 15 is 0 Å². The molecule has 8 nitrogen and oxygen atoms in total. The second-order valence-corrected chi connectivity index (χ2v) is 3.56. The Morgan fingerprint density at radius 1 is 1.28 bits per heavy atom. The third kappa shape index (κ3) is 2.54. The molecule has 0 unspecified atom stereocenters. The normalized spacial score (nSPS) is 10.4. The van der Waals surface area contributed by atoms with E-state index in [0.717, 1.165) is 4.80 Å². The number of nitrogens with zero attached hydrogens (tertiary/aromatic N) is 4. The van der Waals surface area contributed by atoms with E-state index < -0.39 is 5.97 Å². The third-order valence-electron chi connectivity index (χ3n) is 2.21. The summed E-state index contributed by atoms with van der Waals surface area (Å²) in [7, 11) is 0. The van der Waals surface area contributed by atoms with E-state index in [4.69, 9.17) is 10.2 Å². The molecule has 94 valence electrons. The highest BCUT2D eigenvalue weighted by atomic mass is 16.4. The van der Waals surface area contributed by atoms with Crippen molar-refractivity contribution in [2.75, 3.05) is 0 Å². The van der Waals surface area contributed by atoms with Crippen molar-refractivity contribution in [2.24, 2.45) is 0 Å². The van der Waals surface area contributed by atoms with Gasteiger partial charge in [-0.25, -0.2) is 0 Å². The highest BCUT2D eigenvalue weighted by Crippen LogP contribution is 2.28. The van der Waals surface area contributed by atoms with Crippen molar-refractivity contribution in [2.45, 2.75) is 13.0 Å². The largest absolute Gasteiger partial charge is 0.504 e. The van der Waals surface area contributed by atoms with Crippen molar-refractivity contribution < 1.29 is 20.1 Å². The number of carbonyl (C=O) groups is 1. The number of carboxylic acids is 1. The number of aromatic hydroxyl groups is 2. The predicted molar refractivity (Wildman–Crippen MR) is 58.8 cm³/mol. The molecule has 8 heteroatoms. The molecule has 0 aliphatic carbocycles. The van der Waals surface area contributed by atoms with Gasteiger partial charge in [0, 0.05) is 5.56 Å². The van der Waals surface area contributed by atoms with Crippen LogP contribution in [0.1, 0.15) is 6.42 Å². The van der Waals surface area contributed by atoms with Crippen molar-refractivity contribution in [1.82, 2.24) is 20.2 Å². The molecule has 0 aliphatic heterocycles. The van der Waals surface area contributed by atoms with Crippen LogP contribution in [0.4, 0.5) is 0 Å². The van der Waals surface area contributed by atoms with Crippen molar-refractivity contribution in [1.29, 1.82) is 0 Å². The lowest BCUT2D eigenvalue weighted by Crippen LogP contribution is -2.07. The molecule has 0 bridgehead atoms. The number of phenolic OH excluding ortho intramolecular Hbond substituents is 2. The molecule has 2 rings (SSSR count). The number of rotatable bonds is 4. The minimum atomic E-state index is -0.948. The molecule has 18 heavy (non-hydrogen) atoms. The van der Waals surface area contributed by atoms with Gasteiger partial charge in [0.05, 0.1) is 13.0 Å². The molecule has 0 saturated heterocycles. The molecule has 0 atom stereocenters. The summed E-state index contributed by atoms with van der Waals surface area (Å²) in [6, 6.07) is 4.13. The van der Waals surface area contributed by atoms with Gasteiger partial charge in [-0.3, -0.25) is 4.79 Å². The van der Waals surface area contributed by atoms with Crippen LogP contribution in [0, 0.1) is 0 Å². The van der Waals surface area contributed by atoms with Gasteiger partial charge >= 0.3 is 5.97 Å². The summed E-state index contributed by atoms with van der Waals surface area (Å²) in [5.41, 5.74) is 0.479. The van der Waals surface area contributed by atoms with E-state index in [1.165, 1.54) is 18.2 Å². The predicted octanol–water partition coefficient (Wildman–Crippen LogP) is 0.226. The molecule has 0 amide bonds. The SMILES string of the molecule is O=C(O)CCn1nnc(-c2ccc(O)c(O)c2)n1. The lowest BCUT2D eigenvalue weighted by Gasteiger charge is -1.98. The second kappa shape index (κ2) is 4.70. The minimum absolute atomic E-state index is 0.101. The zero-order valence-electron chi connectivity index (χ0n) is 9.19. The first kappa shape index (κ1) is 11.8. The van der Waals surface area contributed by atoms with Crippen molar-refractivity contribution in [3.8, 4) is 22.9 Å². The number of carboxylic acid groups (broad SMARTS) is 1. The lowest BCUT2D eigenvalue weighted by molar-refractivity contribution is -0.137. The molecule has 0 aliphatic rings. The van der Waals surface area contributed by atoms with Gasteiger partial charge in [0.2, 0.25) is 5.82 Å². The van der Waals surface area contributed by atoms with Crippen LogP contribution in [-0.4, -0.2) is 41.5 Å². The maximum atomic E-state index is 10.4. The molecule has 3 N–H and O–H groups in total. The van der Waals surface area contributed by atoms with Crippen molar-refractivity contribution >= 4 is 5.97 Å². The fourth-order valence-corrected chi connectivity index (χ4v) is 1.31. The minimum Gasteiger partial charge on any atom is -0.504 e. The maximum absolute atomic E-state index is 10.4. The van der Waals surface area contributed by atoms with Gasteiger partial charge in [-0.2, -0.15) is 4.80 Å². The quantitative estimate of drug-likeness (QED) is 0.664. The Kier molecular flexibility index (Phi) is 3.09. The highest BCUT2D eigenvalue weighted by Gasteiger charge is 2.09. The molecule has 1 aromatic carbocycles. The Labute approximate surface area is 101 Å². The summed E-state index contributed by atoms with van der Waals surface area (Å²) in [5.74, 6) is -1.22. The van der Waals surface area contributed by atoms with Crippen LogP contribution in [0.2, 0.25) is 0 Å². The summed E-state index contributed by atoms with van der Waals surface area (Å²) < 4.78 is 0. The van der Waals surface area contributed by atoms with Crippen molar-refractivity contribution in [3.63, 3.8) is 0 Å². The van der Waals surface area contributed by atoms with E-state index in [2.05, 4.69) is 15.4 Å². The van der Waals surface area contributed by atoms with Crippen LogP contribution < -0.4 is 0 Å². The molecule has 0 radical (unpaired) electrons. The molecule has 0 spiro atoms. The molecule has 1 aromatic heterocycles. The summed E-state index contributed by atoms with van der Waals surface area (Å²) in [6.07, 6.45) is -0.101. The van der Waals surface area contributed by atoms with Gasteiger partial charge in [-0.15, -0.1) is 10.2 Å². The van der Waals surface area contributed by atoms with Crippen LogP contribution >= 0.6 is 0 Å². The Bertz CT molecular complexity index is 581. The number of aliphatic carboxylic acids is 1. The number of benzene rings is 1. The third-order valence-corrected chi connectivity index (χ3v) is 2.21. The zero-order chi connectivity index (χ0) is 13.1.